The Hall–Kier alpha value is -0.570. The van der Waals surface area contributed by atoms with Gasteiger partial charge in [0.25, 0.3) is 6.47 Å². The first-order valence-electron chi connectivity index (χ1n) is 7.85. The molecule has 2 aliphatic carbocycles. The molecule has 2 saturated carbocycles. The normalized spacial score (nSPS) is 38.4. The lowest BCUT2D eigenvalue weighted by Gasteiger charge is -2.35. The van der Waals surface area contributed by atoms with E-state index < -0.39 is 0 Å². The van der Waals surface area contributed by atoms with E-state index in [1.807, 2.05) is 6.92 Å². The van der Waals surface area contributed by atoms with Crippen molar-refractivity contribution in [1.29, 1.82) is 0 Å². The molecule has 0 amide bonds. The summed E-state index contributed by atoms with van der Waals surface area (Å²) in [5, 5.41) is 0. The Kier molecular flexibility index (Phi) is 5.26. The van der Waals surface area contributed by atoms with Crippen LogP contribution in [-0.4, -0.2) is 25.8 Å². The van der Waals surface area contributed by atoms with Gasteiger partial charge in [-0.25, -0.2) is 0 Å². The molecular weight excluding hydrogens is 240 g/mol. The molecule has 0 aromatic rings. The Morgan fingerprint density at radius 3 is 2.63 bits per heavy atom. The Balaban J connectivity index is 1.87. The number of ether oxygens (including phenoxy) is 2. The summed E-state index contributed by atoms with van der Waals surface area (Å²) in [4.78, 5) is 10.8. The molecule has 19 heavy (non-hydrogen) atoms. The molecule has 0 saturated heterocycles. The molecule has 0 spiro atoms. The highest BCUT2D eigenvalue weighted by Gasteiger charge is 2.51. The first kappa shape index (κ1) is 14.8. The van der Waals surface area contributed by atoms with Crippen LogP contribution in [0.2, 0.25) is 0 Å². The Labute approximate surface area is 117 Å². The molecule has 0 aromatic carbocycles. The highest BCUT2D eigenvalue weighted by Crippen LogP contribution is 2.56. The molecule has 0 aromatic heterocycles. The van der Waals surface area contributed by atoms with Crippen molar-refractivity contribution in [3.63, 3.8) is 0 Å². The lowest BCUT2D eigenvalue weighted by atomic mass is 9.73. The SMILES string of the molecule is CCOCCCC(OC=O)C1CC2CC1C(C)C2C. The van der Waals surface area contributed by atoms with E-state index >= 15 is 0 Å². The van der Waals surface area contributed by atoms with E-state index in [-0.39, 0.29) is 6.10 Å². The van der Waals surface area contributed by atoms with E-state index in [1.54, 1.807) is 0 Å². The summed E-state index contributed by atoms with van der Waals surface area (Å²) in [5.74, 6) is 3.84. The summed E-state index contributed by atoms with van der Waals surface area (Å²) in [7, 11) is 0. The topological polar surface area (TPSA) is 35.5 Å². The van der Waals surface area contributed by atoms with Crippen LogP contribution in [0.15, 0.2) is 0 Å². The largest absolute Gasteiger partial charge is 0.464 e. The third-order valence-corrected chi connectivity index (χ3v) is 5.64. The van der Waals surface area contributed by atoms with Gasteiger partial charge in [-0.15, -0.1) is 0 Å². The van der Waals surface area contributed by atoms with Crippen LogP contribution in [0.1, 0.15) is 46.5 Å². The summed E-state index contributed by atoms with van der Waals surface area (Å²) >= 11 is 0. The summed E-state index contributed by atoms with van der Waals surface area (Å²) in [5.41, 5.74) is 0. The molecule has 0 N–H and O–H groups in total. The van der Waals surface area contributed by atoms with E-state index in [0.717, 1.165) is 49.7 Å². The van der Waals surface area contributed by atoms with Gasteiger partial charge in [-0.2, -0.15) is 0 Å². The van der Waals surface area contributed by atoms with Crippen LogP contribution in [0.3, 0.4) is 0 Å². The standard InChI is InChI=1S/C16H28O3/c1-4-18-7-5-6-16(19-10-17)15-9-13-8-14(15)12(3)11(13)2/h10-16H,4-9H2,1-3H3. The number of carbonyl (C=O) groups excluding carboxylic acids is 1. The van der Waals surface area contributed by atoms with Crippen molar-refractivity contribution in [1.82, 2.24) is 0 Å². The molecule has 2 aliphatic rings. The molecule has 2 rings (SSSR count). The average molecular weight is 268 g/mol. The Bertz CT molecular complexity index is 290. The quantitative estimate of drug-likeness (QED) is 0.500. The van der Waals surface area contributed by atoms with Crippen LogP contribution < -0.4 is 0 Å². The third-order valence-electron chi connectivity index (χ3n) is 5.64. The van der Waals surface area contributed by atoms with Gasteiger partial charge in [0.05, 0.1) is 0 Å². The predicted octanol–water partition coefficient (Wildman–Crippen LogP) is 3.27. The van der Waals surface area contributed by atoms with E-state index in [2.05, 4.69) is 13.8 Å². The molecule has 2 fully saturated rings. The van der Waals surface area contributed by atoms with Gasteiger partial charge in [0.2, 0.25) is 0 Å². The Morgan fingerprint density at radius 1 is 1.26 bits per heavy atom. The van der Waals surface area contributed by atoms with Crippen LogP contribution in [0, 0.1) is 29.6 Å². The maximum absolute atomic E-state index is 10.8. The number of hydrogen-bond acceptors (Lipinski definition) is 3. The lowest BCUT2D eigenvalue weighted by molar-refractivity contribution is -0.138. The fraction of sp³-hybridized carbons (Fsp3) is 0.938. The van der Waals surface area contributed by atoms with Crippen molar-refractivity contribution < 1.29 is 14.3 Å². The number of carbonyl (C=O) groups is 1. The van der Waals surface area contributed by atoms with Crippen LogP contribution in [0.5, 0.6) is 0 Å². The second-order valence-electron chi connectivity index (χ2n) is 6.39. The second-order valence-corrected chi connectivity index (χ2v) is 6.39. The van der Waals surface area contributed by atoms with Gasteiger partial charge in [-0.1, -0.05) is 13.8 Å². The third kappa shape index (κ3) is 3.13. The molecule has 6 unspecified atom stereocenters. The molecule has 2 bridgehead atoms. The second kappa shape index (κ2) is 6.74. The molecule has 0 heterocycles. The maximum Gasteiger partial charge on any atom is 0.293 e. The van der Waals surface area contributed by atoms with Gasteiger partial charge in [0, 0.05) is 13.2 Å². The highest BCUT2D eigenvalue weighted by molar-refractivity contribution is 5.37. The van der Waals surface area contributed by atoms with Crippen LogP contribution in [0.4, 0.5) is 0 Å². The van der Waals surface area contributed by atoms with Crippen molar-refractivity contribution >= 4 is 6.47 Å². The summed E-state index contributed by atoms with van der Waals surface area (Å²) in [6.07, 6.45) is 4.65. The van der Waals surface area contributed by atoms with Crippen molar-refractivity contribution in [2.45, 2.75) is 52.6 Å². The summed E-state index contributed by atoms with van der Waals surface area (Å²) in [6, 6.07) is 0. The minimum atomic E-state index is 0.114. The smallest absolute Gasteiger partial charge is 0.293 e. The number of rotatable bonds is 8. The Morgan fingerprint density at radius 2 is 2.05 bits per heavy atom. The fourth-order valence-corrected chi connectivity index (χ4v) is 4.41. The molecule has 0 aliphatic heterocycles. The van der Waals surface area contributed by atoms with Crippen molar-refractivity contribution in [3.05, 3.63) is 0 Å². The van der Waals surface area contributed by atoms with Crippen LogP contribution >= 0.6 is 0 Å². The zero-order valence-corrected chi connectivity index (χ0v) is 12.5. The predicted molar refractivity (Wildman–Crippen MR) is 74.7 cm³/mol. The minimum absolute atomic E-state index is 0.114. The highest BCUT2D eigenvalue weighted by atomic mass is 16.5. The molecule has 3 nitrogen and oxygen atoms in total. The van der Waals surface area contributed by atoms with Crippen molar-refractivity contribution in [2.24, 2.45) is 29.6 Å². The molecule has 0 radical (unpaired) electrons. The van der Waals surface area contributed by atoms with E-state index in [0.29, 0.717) is 12.4 Å². The van der Waals surface area contributed by atoms with Gasteiger partial charge in [-0.3, -0.25) is 4.79 Å². The minimum Gasteiger partial charge on any atom is -0.464 e. The molecule has 110 valence electrons. The number of fused-ring (bicyclic) bond motifs is 2. The van der Waals surface area contributed by atoms with E-state index in [1.165, 1.54) is 12.8 Å². The summed E-state index contributed by atoms with van der Waals surface area (Å²) in [6.45, 7) is 8.96. The van der Waals surface area contributed by atoms with Crippen LogP contribution in [-0.2, 0) is 14.3 Å². The fourth-order valence-electron chi connectivity index (χ4n) is 4.41. The lowest BCUT2D eigenvalue weighted by Crippen LogP contribution is -2.34. The van der Waals surface area contributed by atoms with E-state index in [9.17, 15) is 4.79 Å². The van der Waals surface area contributed by atoms with Gasteiger partial charge in [0.1, 0.15) is 6.10 Å². The van der Waals surface area contributed by atoms with Gasteiger partial charge >= 0.3 is 0 Å². The van der Waals surface area contributed by atoms with Gasteiger partial charge in [-0.05, 0) is 62.2 Å². The van der Waals surface area contributed by atoms with Gasteiger partial charge < -0.3 is 9.47 Å². The average Bonchev–Trinajstić information content (AvgIpc) is 2.95. The zero-order chi connectivity index (χ0) is 13.8. The van der Waals surface area contributed by atoms with Gasteiger partial charge in [0.15, 0.2) is 0 Å². The molecular formula is C16H28O3. The summed E-state index contributed by atoms with van der Waals surface area (Å²) < 4.78 is 10.8. The number of hydrogen-bond donors (Lipinski definition) is 0. The molecule has 6 atom stereocenters. The first-order valence-corrected chi connectivity index (χ1v) is 7.85. The maximum atomic E-state index is 10.8. The van der Waals surface area contributed by atoms with Crippen molar-refractivity contribution in [2.75, 3.05) is 13.2 Å². The molecule has 3 heteroatoms. The zero-order valence-electron chi connectivity index (χ0n) is 12.5. The van der Waals surface area contributed by atoms with Crippen LogP contribution in [0.25, 0.3) is 0 Å². The first-order chi connectivity index (χ1) is 9.19. The van der Waals surface area contributed by atoms with Crippen molar-refractivity contribution in [3.8, 4) is 0 Å². The van der Waals surface area contributed by atoms with E-state index in [4.69, 9.17) is 9.47 Å². The monoisotopic (exact) mass is 268 g/mol.